The summed E-state index contributed by atoms with van der Waals surface area (Å²) in [7, 11) is -6.96. The molecule has 0 aromatic carbocycles. The van der Waals surface area contributed by atoms with E-state index in [2.05, 4.69) is 76.0 Å². The van der Waals surface area contributed by atoms with Crippen molar-refractivity contribution in [3.63, 3.8) is 0 Å². The summed E-state index contributed by atoms with van der Waals surface area (Å²) in [6.45, 7) is 17.4. The molecule has 9 nitrogen and oxygen atoms in total. The maximum absolute atomic E-state index is 13.0. The van der Waals surface area contributed by atoms with Gasteiger partial charge in [0, 0.05) is 31.9 Å². The molecule has 12 heteroatoms. The van der Waals surface area contributed by atoms with Crippen LogP contribution in [0.5, 0.6) is 0 Å². The van der Waals surface area contributed by atoms with E-state index in [1.807, 2.05) is 26.0 Å². The van der Waals surface area contributed by atoms with Gasteiger partial charge in [-0.1, -0.05) is 69.9 Å². The molecule has 2 atom stereocenters. The minimum Gasteiger partial charge on any atom is -0.319 e. The van der Waals surface area contributed by atoms with Crippen LogP contribution in [0.25, 0.3) is 0 Å². The van der Waals surface area contributed by atoms with E-state index >= 15 is 0 Å². The van der Waals surface area contributed by atoms with Crippen molar-refractivity contribution in [3.8, 4) is 0 Å². The van der Waals surface area contributed by atoms with E-state index in [9.17, 15) is 13.7 Å². The summed E-state index contributed by atoms with van der Waals surface area (Å²) in [6.07, 6.45) is 19.9. The van der Waals surface area contributed by atoms with Crippen molar-refractivity contribution in [2.24, 2.45) is 0 Å². The molecule has 0 fully saturated rings. The zero-order chi connectivity index (χ0) is 35.0. The molecular weight excluding hydrogens is 641 g/mol. The summed E-state index contributed by atoms with van der Waals surface area (Å²) in [6, 6.07) is 0. The predicted octanol–water partition coefficient (Wildman–Crippen LogP) is 11.3. The quantitative estimate of drug-likeness (QED) is 0.0671. The monoisotopic (exact) mass is 703 g/mol. The van der Waals surface area contributed by atoms with E-state index in [0.717, 1.165) is 62.5 Å². The van der Waals surface area contributed by atoms with Crippen LogP contribution in [0.2, 0.25) is 0 Å². The predicted molar refractivity (Wildman–Crippen MR) is 196 cm³/mol. The Morgan fingerprint density at radius 1 is 0.543 bits per heavy atom. The topological polar surface area (TPSA) is 112 Å². The standard InChI is InChI=1S/C34H62N2O7P3/c1-29(2)15-11-17-31(5)19-13-21-33(7)23-25-35-45(38,40-9)27-42-44(37)43-28-46(39,41-10)36-26-24-34(8)22-14-20-32(6)18-12-16-30(3)4/h15-16,19-20,23-24H,11-14,17-18,21-22,25-28H2,1-10H3,(H,35,38)(H,36,39)/q+1. The third kappa shape index (κ3) is 24.9. The highest BCUT2D eigenvalue weighted by Crippen LogP contribution is 2.47. The Hall–Kier alpha value is -1.24. The zero-order valence-electron chi connectivity index (χ0n) is 30.1. The summed E-state index contributed by atoms with van der Waals surface area (Å²) < 4.78 is 58.9. The molecule has 2 N–H and O–H groups in total. The van der Waals surface area contributed by atoms with E-state index < -0.39 is 36.0 Å². The molecule has 0 spiro atoms. The van der Waals surface area contributed by atoms with Crippen molar-refractivity contribution >= 4 is 23.3 Å². The fourth-order valence-electron chi connectivity index (χ4n) is 4.01. The molecular formula is C34H62N2O7P3+. The van der Waals surface area contributed by atoms with Crippen LogP contribution in [-0.2, 0) is 31.8 Å². The molecule has 264 valence electrons. The van der Waals surface area contributed by atoms with Gasteiger partial charge >= 0.3 is 8.25 Å². The van der Waals surface area contributed by atoms with E-state index in [4.69, 9.17) is 18.1 Å². The van der Waals surface area contributed by atoms with Gasteiger partial charge in [-0.3, -0.25) is 9.13 Å². The first-order valence-corrected chi connectivity index (χ1v) is 20.8. The fraction of sp³-hybridized carbons (Fsp3) is 0.647. The second kappa shape index (κ2) is 25.7. The van der Waals surface area contributed by atoms with Gasteiger partial charge in [0.25, 0.3) is 15.0 Å². The molecule has 46 heavy (non-hydrogen) atoms. The molecule has 0 rings (SSSR count). The lowest BCUT2D eigenvalue weighted by molar-refractivity contribution is 0.250. The van der Waals surface area contributed by atoms with Gasteiger partial charge in [0.2, 0.25) is 0 Å². The Kier molecular flexibility index (Phi) is 25.0. The smallest absolute Gasteiger partial charge is 0.319 e. The van der Waals surface area contributed by atoms with Crippen molar-refractivity contribution < 1.29 is 31.8 Å². The van der Waals surface area contributed by atoms with Gasteiger partial charge in [-0.25, -0.2) is 10.2 Å². The largest absolute Gasteiger partial charge is 0.698 e. The van der Waals surface area contributed by atoms with Crippen LogP contribution in [0.4, 0.5) is 0 Å². The number of allylic oxidation sites excluding steroid dienone is 10. The molecule has 0 amide bonds. The molecule has 0 aromatic heterocycles. The lowest BCUT2D eigenvalue weighted by atomic mass is 10.1. The fourth-order valence-corrected chi connectivity index (χ4v) is 7.44. The molecule has 0 radical (unpaired) electrons. The highest BCUT2D eigenvalue weighted by atomic mass is 31.2. The number of hydrogen-bond donors (Lipinski definition) is 2. The molecule has 0 aliphatic rings. The van der Waals surface area contributed by atoms with Gasteiger partial charge in [0.15, 0.2) is 12.7 Å². The molecule has 0 bridgehead atoms. The second-order valence-corrected chi connectivity index (χ2v) is 17.6. The van der Waals surface area contributed by atoms with Gasteiger partial charge in [-0.05, 0) is 107 Å². The highest BCUT2D eigenvalue weighted by molar-refractivity contribution is 7.57. The normalized spacial score (nSPS) is 16.1. The Morgan fingerprint density at radius 2 is 0.848 bits per heavy atom. The number of hydrogen-bond acceptors (Lipinski definition) is 7. The van der Waals surface area contributed by atoms with Crippen molar-refractivity contribution in [1.29, 1.82) is 0 Å². The number of rotatable bonds is 26. The first-order valence-electron chi connectivity index (χ1n) is 16.1. The van der Waals surface area contributed by atoms with E-state index in [0.29, 0.717) is 13.1 Å². The van der Waals surface area contributed by atoms with Crippen LogP contribution in [-0.4, -0.2) is 40.0 Å². The lowest BCUT2D eigenvalue weighted by Gasteiger charge is -2.14. The van der Waals surface area contributed by atoms with E-state index in [-0.39, 0.29) is 0 Å². The summed E-state index contributed by atoms with van der Waals surface area (Å²) in [5.74, 6) is 0. The number of nitrogens with one attached hydrogen (secondary N) is 2. The lowest BCUT2D eigenvalue weighted by Crippen LogP contribution is -2.16. The van der Waals surface area contributed by atoms with Crippen molar-refractivity contribution in [1.82, 2.24) is 10.2 Å². The average Bonchev–Trinajstić information content (AvgIpc) is 2.98. The average molecular weight is 704 g/mol. The third-order valence-electron chi connectivity index (χ3n) is 7.07. The van der Waals surface area contributed by atoms with Gasteiger partial charge in [0.1, 0.15) is 0 Å². The Morgan fingerprint density at radius 3 is 1.15 bits per heavy atom. The minimum absolute atomic E-state index is 0.309. The van der Waals surface area contributed by atoms with Crippen LogP contribution in [0.1, 0.15) is 107 Å². The Balaban J connectivity index is 4.58. The Labute approximate surface area is 281 Å². The second-order valence-electron chi connectivity index (χ2n) is 12.1. The van der Waals surface area contributed by atoms with Crippen LogP contribution in [0, 0.1) is 0 Å². The summed E-state index contributed by atoms with van der Waals surface area (Å²) in [4.78, 5) is 0. The van der Waals surface area contributed by atoms with Gasteiger partial charge in [-0.2, -0.15) is 0 Å². The molecule has 0 aliphatic heterocycles. The molecule has 0 aliphatic carbocycles. The first-order chi connectivity index (χ1) is 21.6. The highest BCUT2D eigenvalue weighted by Gasteiger charge is 2.34. The molecule has 0 aromatic rings. The van der Waals surface area contributed by atoms with Crippen LogP contribution in [0.3, 0.4) is 0 Å². The van der Waals surface area contributed by atoms with E-state index in [1.165, 1.54) is 36.5 Å². The molecule has 0 saturated carbocycles. The van der Waals surface area contributed by atoms with Crippen LogP contribution < -0.4 is 10.2 Å². The molecule has 2 unspecified atom stereocenters. The summed E-state index contributed by atoms with van der Waals surface area (Å²) >= 11 is 0. The van der Waals surface area contributed by atoms with Gasteiger partial charge < -0.3 is 9.05 Å². The van der Waals surface area contributed by atoms with Crippen molar-refractivity contribution in [3.05, 3.63) is 69.9 Å². The zero-order valence-corrected chi connectivity index (χ0v) is 32.8. The van der Waals surface area contributed by atoms with E-state index in [1.54, 1.807) is 0 Å². The van der Waals surface area contributed by atoms with Crippen LogP contribution in [0.15, 0.2) is 69.9 Å². The third-order valence-corrected chi connectivity index (χ3v) is 11.6. The van der Waals surface area contributed by atoms with Gasteiger partial charge in [-0.15, -0.1) is 9.05 Å². The van der Waals surface area contributed by atoms with Crippen molar-refractivity contribution in [2.75, 3.05) is 40.0 Å². The molecule has 0 saturated heterocycles. The van der Waals surface area contributed by atoms with Gasteiger partial charge in [0.05, 0.1) is 0 Å². The first kappa shape index (κ1) is 44.8. The maximum atomic E-state index is 13.0. The minimum atomic E-state index is -3.43. The van der Waals surface area contributed by atoms with Crippen molar-refractivity contribution in [2.45, 2.75) is 107 Å². The Bertz CT molecular complexity index is 1110. The maximum Gasteiger partial charge on any atom is 0.698 e. The molecule has 0 heterocycles. The SMILES string of the molecule is COP(=O)(CO[P+](=O)OCP(=O)(NCC=C(C)CCC=C(C)CCC=C(C)C)OC)NCC=C(C)CCC=C(C)CCC=C(C)C. The van der Waals surface area contributed by atoms with Crippen LogP contribution >= 0.6 is 23.3 Å². The summed E-state index contributed by atoms with van der Waals surface area (Å²) in [5, 5.41) is 5.69. The summed E-state index contributed by atoms with van der Waals surface area (Å²) in [5.41, 5.74) is 7.74.